The van der Waals surface area contributed by atoms with Gasteiger partial charge in [-0.3, -0.25) is 9.69 Å². The van der Waals surface area contributed by atoms with Gasteiger partial charge in [-0.25, -0.2) is 0 Å². The number of rotatable bonds is 7. The Balaban J connectivity index is 2.07. The molecule has 1 fully saturated rings. The van der Waals surface area contributed by atoms with Crippen LogP contribution < -0.4 is 5.32 Å². The maximum Gasteiger partial charge on any atom is 0.224 e. The molecule has 0 spiro atoms. The first-order chi connectivity index (χ1) is 11.5. The SMILES string of the molecule is CNC(=O)[C@H](C)[C@@H]1[C@H](O)[C@H](O)[C@@H](CO)N1CCCc1ccccc1. The Morgan fingerprint density at radius 2 is 1.92 bits per heavy atom. The number of hydrogen-bond acceptors (Lipinski definition) is 5. The number of hydrogen-bond donors (Lipinski definition) is 4. The van der Waals surface area contributed by atoms with Crippen molar-refractivity contribution in [1.29, 1.82) is 0 Å². The summed E-state index contributed by atoms with van der Waals surface area (Å²) in [6.45, 7) is 2.09. The highest BCUT2D eigenvalue weighted by Crippen LogP contribution is 2.30. The molecule has 2 rings (SSSR count). The molecule has 1 aliphatic heterocycles. The molecule has 5 atom stereocenters. The third kappa shape index (κ3) is 3.95. The number of amides is 1. The molecule has 1 aromatic rings. The predicted octanol–water partition coefficient (Wildman–Crippen LogP) is -0.232. The number of benzene rings is 1. The van der Waals surface area contributed by atoms with Crippen LogP contribution in [0.3, 0.4) is 0 Å². The first kappa shape index (κ1) is 18.9. The summed E-state index contributed by atoms with van der Waals surface area (Å²) in [4.78, 5) is 13.9. The maximum atomic E-state index is 12.0. The molecule has 1 amide bonds. The van der Waals surface area contributed by atoms with Crippen LogP contribution in [0.25, 0.3) is 0 Å². The quantitative estimate of drug-likeness (QED) is 0.552. The first-order valence-electron chi connectivity index (χ1n) is 8.49. The highest BCUT2D eigenvalue weighted by atomic mass is 16.3. The second-order valence-corrected chi connectivity index (χ2v) is 6.45. The van der Waals surface area contributed by atoms with E-state index in [-0.39, 0.29) is 12.5 Å². The van der Waals surface area contributed by atoms with Gasteiger partial charge < -0.3 is 20.6 Å². The molecule has 6 nitrogen and oxygen atoms in total. The zero-order valence-corrected chi connectivity index (χ0v) is 14.3. The lowest BCUT2D eigenvalue weighted by Crippen LogP contribution is -2.48. The summed E-state index contributed by atoms with van der Waals surface area (Å²) in [7, 11) is 1.56. The van der Waals surface area contributed by atoms with Gasteiger partial charge >= 0.3 is 0 Å². The van der Waals surface area contributed by atoms with E-state index < -0.39 is 30.2 Å². The maximum absolute atomic E-state index is 12.0. The number of aliphatic hydroxyl groups is 3. The van der Waals surface area contributed by atoms with Crippen LogP contribution in [0.2, 0.25) is 0 Å². The van der Waals surface area contributed by atoms with Crippen molar-refractivity contribution in [3.63, 3.8) is 0 Å². The van der Waals surface area contributed by atoms with Crippen molar-refractivity contribution >= 4 is 5.91 Å². The van der Waals surface area contributed by atoms with Crippen molar-refractivity contribution in [3.8, 4) is 0 Å². The Morgan fingerprint density at radius 1 is 1.25 bits per heavy atom. The van der Waals surface area contributed by atoms with E-state index >= 15 is 0 Å². The predicted molar refractivity (Wildman–Crippen MR) is 91.4 cm³/mol. The van der Waals surface area contributed by atoms with E-state index in [1.165, 1.54) is 5.56 Å². The summed E-state index contributed by atoms with van der Waals surface area (Å²) in [6.07, 6.45) is -0.422. The molecule has 0 radical (unpaired) electrons. The molecular weight excluding hydrogens is 308 g/mol. The van der Waals surface area contributed by atoms with Gasteiger partial charge in [0.15, 0.2) is 0 Å². The third-order valence-electron chi connectivity index (χ3n) is 4.99. The average Bonchev–Trinajstić information content (AvgIpc) is 2.84. The Hall–Kier alpha value is -1.47. The van der Waals surface area contributed by atoms with Crippen LogP contribution in [-0.2, 0) is 11.2 Å². The lowest BCUT2D eigenvalue weighted by atomic mass is 9.95. The fourth-order valence-corrected chi connectivity index (χ4v) is 3.65. The van der Waals surface area contributed by atoms with Gasteiger partial charge in [-0.15, -0.1) is 0 Å². The van der Waals surface area contributed by atoms with Crippen LogP contribution in [0.15, 0.2) is 30.3 Å². The molecule has 1 saturated heterocycles. The number of aliphatic hydroxyl groups excluding tert-OH is 3. The minimum atomic E-state index is -1.05. The highest BCUT2D eigenvalue weighted by molar-refractivity contribution is 5.78. The monoisotopic (exact) mass is 336 g/mol. The van der Waals surface area contributed by atoms with Crippen molar-refractivity contribution < 1.29 is 20.1 Å². The van der Waals surface area contributed by atoms with E-state index in [0.717, 1.165) is 12.8 Å². The van der Waals surface area contributed by atoms with Gasteiger partial charge in [0.1, 0.15) is 0 Å². The Labute approximate surface area is 143 Å². The van der Waals surface area contributed by atoms with Crippen LogP contribution in [0.4, 0.5) is 0 Å². The zero-order valence-electron chi connectivity index (χ0n) is 14.3. The third-order valence-corrected chi connectivity index (χ3v) is 4.99. The summed E-state index contributed by atoms with van der Waals surface area (Å²) in [5.41, 5.74) is 1.22. The molecule has 134 valence electrons. The lowest BCUT2D eigenvalue weighted by Gasteiger charge is -2.32. The lowest BCUT2D eigenvalue weighted by molar-refractivity contribution is -0.127. The van der Waals surface area contributed by atoms with Gasteiger partial charge in [0.05, 0.1) is 30.8 Å². The van der Waals surface area contributed by atoms with Gasteiger partial charge in [-0.1, -0.05) is 37.3 Å². The Bertz CT molecular complexity index is 525. The van der Waals surface area contributed by atoms with Crippen molar-refractivity contribution in [2.75, 3.05) is 20.2 Å². The fraction of sp³-hybridized carbons (Fsp3) is 0.611. The molecule has 1 aromatic carbocycles. The van der Waals surface area contributed by atoms with Crippen LogP contribution in [-0.4, -0.2) is 70.6 Å². The molecule has 24 heavy (non-hydrogen) atoms. The number of nitrogens with one attached hydrogen (secondary N) is 1. The number of likely N-dealkylation sites (tertiary alicyclic amines) is 1. The first-order valence-corrected chi connectivity index (χ1v) is 8.49. The number of aryl methyl sites for hydroxylation is 1. The van der Waals surface area contributed by atoms with Crippen LogP contribution in [0.1, 0.15) is 18.9 Å². The van der Waals surface area contributed by atoms with E-state index in [1.54, 1.807) is 14.0 Å². The standard InChI is InChI=1S/C18H28N2O4/c1-12(18(24)19-2)15-17(23)16(22)14(11-21)20(15)10-6-9-13-7-4-3-5-8-13/h3-5,7-8,12,14-17,21-23H,6,9-11H2,1-2H3,(H,19,24)/t12-,14-,15-,16-,17+/m1/s1. The normalized spacial score (nSPS) is 28.7. The summed E-state index contributed by atoms with van der Waals surface area (Å²) in [5.74, 6) is -0.661. The van der Waals surface area contributed by atoms with E-state index in [1.807, 2.05) is 23.1 Å². The minimum absolute atomic E-state index is 0.183. The number of carbonyl (C=O) groups excluding carboxylic acids is 1. The van der Waals surface area contributed by atoms with Crippen molar-refractivity contribution in [3.05, 3.63) is 35.9 Å². The molecule has 0 aliphatic carbocycles. The minimum Gasteiger partial charge on any atom is -0.395 e. The summed E-state index contributed by atoms with van der Waals surface area (Å²) in [5, 5.41) is 32.8. The topological polar surface area (TPSA) is 93.0 Å². The average molecular weight is 336 g/mol. The van der Waals surface area contributed by atoms with Crippen molar-refractivity contribution in [2.45, 2.75) is 44.1 Å². The summed E-state index contributed by atoms with van der Waals surface area (Å²) in [6, 6.07) is 9.02. The smallest absolute Gasteiger partial charge is 0.224 e. The van der Waals surface area contributed by atoms with E-state index in [4.69, 9.17) is 0 Å². The van der Waals surface area contributed by atoms with Gasteiger partial charge in [0.2, 0.25) is 5.91 Å². The molecular formula is C18H28N2O4. The van der Waals surface area contributed by atoms with Gasteiger partial charge in [-0.05, 0) is 24.9 Å². The summed E-state index contributed by atoms with van der Waals surface area (Å²) >= 11 is 0. The second kappa shape index (κ2) is 8.58. The van der Waals surface area contributed by atoms with E-state index in [2.05, 4.69) is 17.4 Å². The van der Waals surface area contributed by atoms with Gasteiger partial charge in [0.25, 0.3) is 0 Å². The molecule has 0 saturated carbocycles. The zero-order chi connectivity index (χ0) is 17.7. The molecule has 0 unspecified atom stereocenters. The molecule has 6 heteroatoms. The van der Waals surface area contributed by atoms with Crippen LogP contribution >= 0.6 is 0 Å². The van der Waals surface area contributed by atoms with Gasteiger partial charge in [0, 0.05) is 13.1 Å². The van der Waals surface area contributed by atoms with Crippen molar-refractivity contribution in [2.24, 2.45) is 5.92 Å². The number of nitrogens with zero attached hydrogens (tertiary/aromatic N) is 1. The Morgan fingerprint density at radius 3 is 2.50 bits per heavy atom. The molecule has 0 aromatic heterocycles. The Kier molecular flexibility index (Phi) is 6.74. The molecule has 1 heterocycles. The molecule has 4 N–H and O–H groups in total. The second-order valence-electron chi connectivity index (χ2n) is 6.45. The van der Waals surface area contributed by atoms with Crippen LogP contribution in [0.5, 0.6) is 0 Å². The van der Waals surface area contributed by atoms with Crippen LogP contribution in [0, 0.1) is 5.92 Å². The molecule has 0 bridgehead atoms. The van der Waals surface area contributed by atoms with Crippen molar-refractivity contribution in [1.82, 2.24) is 10.2 Å². The van der Waals surface area contributed by atoms with E-state index in [9.17, 15) is 20.1 Å². The highest BCUT2D eigenvalue weighted by Gasteiger charge is 2.50. The molecule has 1 aliphatic rings. The van der Waals surface area contributed by atoms with Gasteiger partial charge in [-0.2, -0.15) is 0 Å². The van der Waals surface area contributed by atoms with E-state index in [0.29, 0.717) is 6.54 Å². The largest absolute Gasteiger partial charge is 0.395 e. The summed E-state index contributed by atoms with van der Waals surface area (Å²) < 4.78 is 0. The fourth-order valence-electron chi connectivity index (χ4n) is 3.65. The number of carbonyl (C=O) groups is 1.